The van der Waals surface area contributed by atoms with Crippen molar-refractivity contribution in [2.24, 2.45) is 5.92 Å². The molecule has 0 fully saturated rings. The van der Waals surface area contributed by atoms with Crippen LogP contribution in [0.2, 0.25) is 0 Å². The summed E-state index contributed by atoms with van der Waals surface area (Å²) in [5.74, 6) is 1.21. The highest BCUT2D eigenvalue weighted by atomic mass is 16.4. The van der Waals surface area contributed by atoms with Crippen molar-refractivity contribution in [3.05, 3.63) is 57.2 Å². The Morgan fingerprint density at radius 1 is 1.07 bits per heavy atom. The Bertz CT molecular complexity index is 1090. The highest BCUT2D eigenvalue weighted by molar-refractivity contribution is 6.01. The highest BCUT2D eigenvalue weighted by Crippen LogP contribution is 2.28. The van der Waals surface area contributed by atoms with Crippen molar-refractivity contribution in [1.82, 2.24) is 15.5 Å². The number of rotatable bonds is 7. The largest absolute Gasteiger partial charge is 0.444 e. The summed E-state index contributed by atoms with van der Waals surface area (Å²) >= 11 is 0. The van der Waals surface area contributed by atoms with Gasteiger partial charge in [-0.2, -0.15) is 5.10 Å². The number of fused-ring (bicyclic) bond motifs is 1. The van der Waals surface area contributed by atoms with E-state index in [0.29, 0.717) is 34.1 Å². The summed E-state index contributed by atoms with van der Waals surface area (Å²) in [6, 6.07) is 8.53. The Labute approximate surface area is 176 Å². The number of anilines is 1. The van der Waals surface area contributed by atoms with Gasteiger partial charge in [-0.3, -0.25) is 14.9 Å². The summed E-state index contributed by atoms with van der Waals surface area (Å²) in [6.07, 6.45) is 0. The first-order valence-corrected chi connectivity index (χ1v) is 10.3. The van der Waals surface area contributed by atoms with Crippen molar-refractivity contribution in [2.45, 2.75) is 53.5 Å². The van der Waals surface area contributed by atoms with Crippen LogP contribution in [0, 0.1) is 19.8 Å². The maximum atomic E-state index is 12.6. The lowest BCUT2D eigenvalue weighted by molar-refractivity contribution is -0.115. The van der Waals surface area contributed by atoms with E-state index in [1.165, 1.54) is 5.56 Å². The van der Waals surface area contributed by atoms with Gasteiger partial charge in [-0.25, -0.2) is 5.10 Å². The van der Waals surface area contributed by atoms with Gasteiger partial charge in [0.2, 0.25) is 11.8 Å². The van der Waals surface area contributed by atoms with Crippen LogP contribution in [-0.4, -0.2) is 22.6 Å². The first kappa shape index (κ1) is 21.8. The molecule has 1 atom stereocenters. The van der Waals surface area contributed by atoms with Crippen LogP contribution in [-0.2, 0) is 4.79 Å². The molecule has 3 rings (SSSR count). The number of hydrogen-bond donors (Lipinski definition) is 3. The Kier molecular flexibility index (Phi) is 6.41. The van der Waals surface area contributed by atoms with Gasteiger partial charge in [-0.15, -0.1) is 0 Å². The number of amides is 1. The number of aryl methyl sites for hydroxylation is 2. The minimum atomic E-state index is -0.388. The van der Waals surface area contributed by atoms with Crippen molar-refractivity contribution >= 4 is 22.6 Å². The van der Waals surface area contributed by atoms with Crippen molar-refractivity contribution in [3.8, 4) is 0 Å². The SMILES string of the molecule is Cc1n[nH]c(=O)c2c(NC(=O)CN[C@H](c3ccc(C(C)C)cc3)C(C)C)oc(C)c12. The fraction of sp³-hybridized carbons (Fsp3) is 0.435. The molecule has 0 aliphatic carbocycles. The number of H-pyrrole nitrogens is 1. The lowest BCUT2D eigenvalue weighted by atomic mass is 9.93. The molecule has 0 aliphatic rings. The average Bonchev–Trinajstić information content (AvgIpc) is 3.02. The predicted molar refractivity (Wildman–Crippen MR) is 119 cm³/mol. The third kappa shape index (κ3) is 4.46. The van der Waals surface area contributed by atoms with Gasteiger partial charge in [-0.1, -0.05) is 52.0 Å². The quantitative estimate of drug-likeness (QED) is 0.542. The van der Waals surface area contributed by atoms with E-state index in [1.807, 2.05) is 0 Å². The monoisotopic (exact) mass is 410 g/mol. The average molecular weight is 411 g/mol. The van der Waals surface area contributed by atoms with E-state index in [1.54, 1.807) is 13.8 Å². The van der Waals surface area contributed by atoms with Gasteiger partial charge in [0.25, 0.3) is 5.56 Å². The molecule has 0 aliphatic heterocycles. The Morgan fingerprint density at radius 3 is 2.30 bits per heavy atom. The number of aromatic amines is 1. The first-order chi connectivity index (χ1) is 14.2. The minimum absolute atomic E-state index is 0.0295. The number of furan rings is 1. The minimum Gasteiger partial charge on any atom is -0.444 e. The fourth-order valence-electron chi connectivity index (χ4n) is 3.73. The molecule has 1 aromatic carbocycles. The van der Waals surface area contributed by atoms with Crippen LogP contribution >= 0.6 is 0 Å². The maximum absolute atomic E-state index is 12.6. The zero-order valence-corrected chi connectivity index (χ0v) is 18.4. The highest BCUT2D eigenvalue weighted by Gasteiger charge is 2.20. The summed E-state index contributed by atoms with van der Waals surface area (Å²) in [7, 11) is 0. The predicted octanol–water partition coefficient (Wildman–Crippen LogP) is 4.18. The van der Waals surface area contributed by atoms with Crippen LogP contribution in [0.15, 0.2) is 33.5 Å². The van der Waals surface area contributed by atoms with Crippen LogP contribution in [0.4, 0.5) is 5.88 Å². The molecule has 3 aromatic rings. The van der Waals surface area contributed by atoms with E-state index in [0.717, 1.165) is 5.56 Å². The molecular formula is C23H30N4O3. The van der Waals surface area contributed by atoms with E-state index < -0.39 is 0 Å². The number of aromatic nitrogens is 2. The molecule has 2 heterocycles. The van der Waals surface area contributed by atoms with Gasteiger partial charge in [0.05, 0.1) is 17.6 Å². The van der Waals surface area contributed by atoms with Gasteiger partial charge in [0, 0.05) is 6.04 Å². The third-order valence-corrected chi connectivity index (χ3v) is 5.36. The van der Waals surface area contributed by atoms with Crippen LogP contribution in [0.1, 0.15) is 62.2 Å². The van der Waals surface area contributed by atoms with Gasteiger partial charge in [0.1, 0.15) is 11.1 Å². The molecule has 0 bridgehead atoms. The molecule has 7 nitrogen and oxygen atoms in total. The second-order valence-electron chi connectivity index (χ2n) is 8.35. The van der Waals surface area contributed by atoms with Crippen molar-refractivity contribution in [2.75, 3.05) is 11.9 Å². The molecule has 0 spiro atoms. The molecule has 0 saturated heterocycles. The molecule has 30 heavy (non-hydrogen) atoms. The molecule has 1 amide bonds. The van der Waals surface area contributed by atoms with Gasteiger partial charge in [0.15, 0.2) is 0 Å². The van der Waals surface area contributed by atoms with E-state index in [9.17, 15) is 9.59 Å². The molecule has 7 heteroatoms. The molecule has 0 unspecified atom stereocenters. The smallest absolute Gasteiger partial charge is 0.277 e. The van der Waals surface area contributed by atoms with E-state index in [4.69, 9.17) is 4.42 Å². The molecule has 2 aromatic heterocycles. The van der Waals surface area contributed by atoms with Crippen molar-refractivity contribution in [3.63, 3.8) is 0 Å². The molecule has 3 N–H and O–H groups in total. The fourth-order valence-corrected chi connectivity index (χ4v) is 3.73. The third-order valence-electron chi connectivity index (χ3n) is 5.36. The zero-order chi connectivity index (χ0) is 22.0. The number of benzene rings is 1. The van der Waals surface area contributed by atoms with E-state index >= 15 is 0 Å². The zero-order valence-electron chi connectivity index (χ0n) is 18.4. The first-order valence-electron chi connectivity index (χ1n) is 10.3. The Balaban J connectivity index is 1.74. The summed E-state index contributed by atoms with van der Waals surface area (Å²) in [6.45, 7) is 12.2. The topological polar surface area (TPSA) is 100 Å². The van der Waals surface area contributed by atoms with Crippen LogP contribution in [0.5, 0.6) is 0 Å². The number of nitrogens with zero attached hydrogens (tertiary/aromatic N) is 1. The second-order valence-corrected chi connectivity index (χ2v) is 8.35. The van der Waals surface area contributed by atoms with Gasteiger partial charge >= 0.3 is 0 Å². The van der Waals surface area contributed by atoms with Crippen molar-refractivity contribution < 1.29 is 9.21 Å². The molecular weight excluding hydrogens is 380 g/mol. The van der Waals surface area contributed by atoms with Crippen molar-refractivity contribution in [1.29, 1.82) is 0 Å². The summed E-state index contributed by atoms with van der Waals surface area (Å²) in [5, 5.41) is 13.4. The van der Waals surface area contributed by atoms with Crippen LogP contribution < -0.4 is 16.2 Å². The standard InChI is InChI=1S/C23H30N4O3/c1-12(2)16-7-9-17(10-8-16)21(13(3)4)24-11-18(28)25-23-20-19(15(6)30-23)14(5)26-27-22(20)29/h7-10,12-13,21,24H,11H2,1-6H3,(H,25,28)(H,27,29)/t21-/m0/s1. The molecule has 0 saturated carbocycles. The Hall–Kier alpha value is -2.93. The van der Waals surface area contributed by atoms with Gasteiger partial charge in [-0.05, 0) is 36.8 Å². The van der Waals surface area contributed by atoms with Gasteiger partial charge < -0.3 is 9.73 Å². The Morgan fingerprint density at radius 2 is 1.70 bits per heavy atom. The number of carbonyl (C=O) groups excluding carboxylic acids is 1. The summed E-state index contributed by atoms with van der Waals surface area (Å²) in [4.78, 5) is 24.8. The molecule has 160 valence electrons. The summed E-state index contributed by atoms with van der Waals surface area (Å²) in [5.41, 5.74) is 2.68. The number of nitrogens with one attached hydrogen (secondary N) is 3. The summed E-state index contributed by atoms with van der Waals surface area (Å²) < 4.78 is 5.65. The lowest BCUT2D eigenvalue weighted by Crippen LogP contribution is -2.33. The number of carbonyl (C=O) groups is 1. The van der Waals surface area contributed by atoms with Crippen LogP contribution in [0.3, 0.4) is 0 Å². The molecule has 0 radical (unpaired) electrons. The second kappa shape index (κ2) is 8.83. The normalized spacial score (nSPS) is 12.7. The lowest BCUT2D eigenvalue weighted by Gasteiger charge is -2.23. The van der Waals surface area contributed by atoms with E-state index in [-0.39, 0.29) is 29.9 Å². The van der Waals surface area contributed by atoms with E-state index in [2.05, 4.69) is 72.8 Å². The maximum Gasteiger partial charge on any atom is 0.277 e. The van der Waals surface area contributed by atoms with Crippen LogP contribution in [0.25, 0.3) is 10.8 Å². The number of hydrogen-bond acceptors (Lipinski definition) is 5.